The molecule has 0 aliphatic carbocycles. The van der Waals surface area contributed by atoms with E-state index in [0.717, 1.165) is 15.7 Å². The molecule has 120 valence electrons. The van der Waals surface area contributed by atoms with E-state index in [2.05, 4.69) is 31.3 Å². The van der Waals surface area contributed by atoms with Crippen LogP contribution in [-0.4, -0.2) is 14.8 Å². The summed E-state index contributed by atoms with van der Waals surface area (Å²) in [6.45, 7) is 2.04. The molecule has 0 spiro atoms. The maximum Gasteiger partial charge on any atom is 0.226 e. The molecule has 4 rings (SSSR count). The maximum atomic E-state index is 14.4. The topological polar surface area (TPSA) is 42.7 Å². The van der Waals surface area contributed by atoms with Gasteiger partial charge in [0, 0.05) is 15.7 Å². The molecule has 0 fully saturated rings. The third-order valence-corrected chi connectivity index (χ3v) is 4.54. The minimum absolute atomic E-state index is 0.272. The van der Waals surface area contributed by atoms with Crippen molar-refractivity contribution in [3.05, 3.63) is 81.8 Å². The third-order valence-electron chi connectivity index (χ3n) is 4.05. The Hall–Kier alpha value is -2.47. The minimum atomic E-state index is -0.363. The molecular formula is C18H14BrFN4. The number of hydrogen-bond donors (Lipinski definition) is 1. The summed E-state index contributed by atoms with van der Waals surface area (Å²) in [5.41, 5.74) is 3.64. The molecule has 4 nitrogen and oxygen atoms in total. The van der Waals surface area contributed by atoms with Crippen molar-refractivity contribution in [1.82, 2.24) is 14.8 Å². The van der Waals surface area contributed by atoms with Crippen LogP contribution in [0.25, 0.3) is 5.70 Å². The van der Waals surface area contributed by atoms with E-state index in [1.807, 2.05) is 37.3 Å². The Labute approximate surface area is 147 Å². The van der Waals surface area contributed by atoms with Crippen LogP contribution in [0.5, 0.6) is 0 Å². The van der Waals surface area contributed by atoms with Gasteiger partial charge in [-0.3, -0.25) is 0 Å². The third kappa shape index (κ3) is 2.63. The van der Waals surface area contributed by atoms with Crippen LogP contribution < -0.4 is 5.32 Å². The minimum Gasteiger partial charge on any atom is -0.324 e. The number of aromatic nitrogens is 3. The number of rotatable bonds is 2. The number of hydrogen-bond acceptors (Lipinski definition) is 3. The Morgan fingerprint density at radius 3 is 2.75 bits per heavy atom. The summed E-state index contributed by atoms with van der Waals surface area (Å²) in [5, 5.41) is 7.51. The van der Waals surface area contributed by atoms with E-state index >= 15 is 0 Å². The molecule has 0 amide bonds. The first-order valence-electron chi connectivity index (χ1n) is 7.52. The Morgan fingerprint density at radius 1 is 1.17 bits per heavy atom. The van der Waals surface area contributed by atoms with Crippen LogP contribution >= 0.6 is 15.9 Å². The molecule has 0 unspecified atom stereocenters. The fourth-order valence-electron chi connectivity index (χ4n) is 2.80. The molecule has 2 aromatic carbocycles. The lowest BCUT2D eigenvalue weighted by Crippen LogP contribution is -2.21. The number of anilines is 1. The van der Waals surface area contributed by atoms with Crippen molar-refractivity contribution in [3.63, 3.8) is 0 Å². The summed E-state index contributed by atoms with van der Waals surface area (Å²) in [4.78, 5) is 4.24. The molecule has 2 heterocycles. The zero-order valence-electron chi connectivity index (χ0n) is 12.9. The molecule has 1 aromatic heterocycles. The van der Waals surface area contributed by atoms with Gasteiger partial charge in [-0.2, -0.15) is 10.1 Å². The Bertz CT molecular complexity index is 930. The first-order chi connectivity index (χ1) is 11.6. The predicted molar refractivity (Wildman–Crippen MR) is 95.0 cm³/mol. The molecule has 6 heteroatoms. The second-order valence-corrected chi connectivity index (χ2v) is 6.63. The van der Waals surface area contributed by atoms with Crippen molar-refractivity contribution in [2.24, 2.45) is 0 Å². The van der Waals surface area contributed by atoms with Crippen molar-refractivity contribution in [2.45, 2.75) is 13.0 Å². The average Bonchev–Trinajstić information content (AvgIpc) is 3.05. The summed E-state index contributed by atoms with van der Waals surface area (Å²) in [6, 6.07) is 12.7. The number of aryl methyl sites for hydroxylation is 1. The Kier molecular flexibility index (Phi) is 3.69. The van der Waals surface area contributed by atoms with Gasteiger partial charge in [-0.15, -0.1) is 0 Å². The molecular weight excluding hydrogens is 371 g/mol. The van der Waals surface area contributed by atoms with Crippen molar-refractivity contribution >= 4 is 27.6 Å². The van der Waals surface area contributed by atoms with Crippen LogP contribution in [0.15, 0.2) is 59.3 Å². The highest BCUT2D eigenvalue weighted by atomic mass is 79.9. The van der Waals surface area contributed by atoms with E-state index in [-0.39, 0.29) is 11.9 Å². The molecule has 0 saturated carbocycles. The van der Waals surface area contributed by atoms with Crippen molar-refractivity contribution in [2.75, 3.05) is 5.32 Å². The zero-order valence-corrected chi connectivity index (χ0v) is 14.5. The normalized spacial score (nSPS) is 16.3. The zero-order chi connectivity index (χ0) is 16.7. The molecule has 0 radical (unpaired) electrons. The number of fused-ring (bicyclic) bond motifs is 1. The van der Waals surface area contributed by atoms with Crippen molar-refractivity contribution in [3.8, 4) is 0 Å². The highest BCUT2D eigenvalue weighted by Crippen LogP contribution is 2.34. The average molecular weight is 385 g/mol. The number of nitrogens with one attached hydrogen (secondary N) is 1. The summed E-state index contributed by atoms with van der Waals surface area (Å²) in [7, 11) is 0. The number of halogens is 2. The van der Waals surface area contributed by atoms with Gasteiger partial charge in [-0.25, -0.2) is 9.07 Å². The lowest BCUT2D eigenvalue weighted by atomic mass is 10.0. The summed E-state index contributed by atoms with van der Waals surface area (Å²) in [6.07, 6.45) is 3.44. The second kappa shape index (κ2) is 5.87. The van der Waals surface area contributed by atoms with Crippen LogP contribution in [0.2, 0.25) is 0 Å². The van der Waals surface area contributed by atoms with Crippen molar-refractivity contribution in [1.29, 1.82) is 0 Å². The van der Waals surface area contributed by atoms with Gasteiger partial charge in [-0.05, 0) is 36.8 Å². The van der Waals surface area contributed by atoms with E-state index in [1.54, 1.807) is 16.8 Å². The van der Waals surface area contributed by atoms with Gasteiger partial charge in [-0.1, -0.05) is 45.8 Å². The Morgan fingerprint density at radius 2 is 1.96 bits per heavy atom. The molecule has 1 aliphatic heterocycles. The van der Waals surface area contributed by atoms with Gasteiger partial charge in [0.05, 0.1) is 0 Å². The maximum absolute atomic E-state index is 14.4. The van der Waals surface area contributed by atoms with Gasteiger partial charge in [0.2, 0.25) is 5.95 Å². The first-order valence-corrected chi connectivity index (χ1v) is 8.31. The number of allylic oxidation sites excluding steroid dienone is 1. The second-order valence-electron chi connectivity index (χ2n) is 5.71. The van der Waals surface area contributed by atoms with Gasteiger partial charge in [0.25, 0.3) is 0 Å². The molecule has 1 aliphatic rings. The largest absolute Gasteiger partial charge is 0.324 e. The van der Waals surface area contributed by atoms with Crippen LogP contribution in [0.4, 0.5) is 10.3 Å². The predicted octanol–water partition coefficient (Wildman–Crippen LogP) is 4.54. The number of benzene rings is 2. The first kappa shape index (κ1) is 15.1. The smallest absolute Gasteiger partial charge is 0.226 e. The monoisotopic (exact) mass is 384 g/mol. The lowest BCUT2D eigenvalue weighted by molar-refractivity contribution is 0.551. The van der Waals surface area contributed by atoms with Gasteiger partial charge < -0.3 is 5.32 Å². The van der Waals surface area contributed by atoms with E-state index in [4.69, 9.17) is 0 Å². The van der Waals surface area contributed by atoms with E-state index < -0.39 is 0 Å². The summed E-state index contributed by atoms with van der Waals surface area (Å²) < 4.78 is 16.9. The van der Waals surface area contributed by atoms with E-state index in [0.29, 0.717) is 11.5 Å². The highest BCUT2D eigenvalue weighted by Gasteiger charge is 2.25. The van der Waals surface area contributed by atoms with Crippen LogP contribution in [0.3, 0.4) is 0 Å². The summed E-state index contributed by atoms with van der Waals surface area (Å²) in [5.74, 6) is 0.323. The highest BCUT2D eigenvalue weighted by molar-refractivity contribution is 9.10. The lowest BCUT2D eigenvalue weighted by Gasteiger charge is -2.25. The Balaban J connectivity index is 1.85. The molecule has 0 bridgehead atoms. The molecule has 3 aromatic rings. The number of nitrogens with zero attached hydrogens (tertiary/aromatic N) is 3. The molecule has 0 saturated heterocycles. The SMILES string of the molecule is Cc1ccc(C2=C[C@@H](c3cc(Br)ccc3F)n3ncnc3N2)cc1. The van der Waals surface area contributed by atoms with Crippen LogP contribution in [0.1, 0.15) is 22.7 Å². The molecule has 1 atom stereocenters. The van der Waals surface area contributed by atoms with Crippen LogP contribution in [0, 0.1) is 12.7 Å². The quantitative estimate of drug-likeness (QED) is 0.704. The fraction of sp³-hybridized carbons (Fsp3) is 0.111. The molecule has 24 heavy (non-hydrogen) atoms. The summed E-state index contributed by atoms with van der Waals surface area (Å²) >= 11 is 3.41. The van der Waals surface area contributed by atoms with Gasteiger partial charge in [0.1, 0.15) is 18.2 Å². The van der Waals surface area contributed by atoms with Crippen LogP contribution in [-0.2, 0) is 0 Å². The standard InChI is InChI=1S/C18H14BrFN4/c1-11-2-4-12(5-3-11)16-9-17(24-18(23-16)21-10-22-24)14-8-13(19)6-7-15(14)20/h2-10,17H,1H3,(H,21,22,23)/t17-/m0/s1. The fourth-order valence-corrected chi connectivity index (χ4v) is 3.18. The molecule has 1 N–H and O–H groups in total. The van der Waals surface area contributed by atoms with E-state index in [9.17, 15) is 4.39 Å². The van der Waals surface area contributed by atoms with Gasteiger partial charge >= 0.3 is 0 Å². The van der Waals surface area contributed by atoms with Gasteiger partial charge in [0.15, 0.2) is 0 Å². The van der Waals surface area contributed by atoms with E-state index in [1.165, 1.54) is 18.0 Å². The van der Waals surface area contributed by atoms with Crippen molar-refractivity contribution < 1.29 is 4.39 Å².